The van der Waals surface area contributed by atoms with Gasteiger partial charge in [0.15, 0.2) is 0 Å². The number of anilines is 1. The van der Waals surface area contributed by atoms with Gasteiger partial charge in [-0.3, -0.25) is 9.48 Å². The molecule has 1 heterocycles. The van der Waals surface area contributed by atoms with Gasteiger partial charge in [-0.1, -0.05) is 0 Å². The molecule has 0 saturated heterocycles. The van der Waals surface area contributed by atoms with Crippen molar-refractivity contribution < 1.29 is 9.53 Å². The number of hydrogen-bond acceptors (Lipinski definition) is 4. The second-order valence-corrected chi connectivity index (χ2v) is 4.65. The summed E-state index contributed by atoms with van der Waals surface area (Å²) in [5.74, 6) is 0.701. The molecule has 0 fully saturated rings. The zero-order chi connectivity index (χ0) is 15.1. The molecule has 1 amide bonds. The topological polar surface area (TPSA) is 68.2 Å². The Morgan fingerprint density at radius 3 is 2.67 bits per heavy atom. The van der Waals surface area contributed by atoms with E-state index in [9.17, 15) is 4.79 Å². The number of nitrogens with one attached hydrogen (secondary N) is 2. The number of carbonyl (C=O) groups is 1. The first-order chi connectivity index (χ1) is 10.2. The highest BCUT2D eigenvalue weighted by Gasteiger charge is 2.03. The number of ether oxygens (including phenoxy) is 1. The fourth-order valence-electron chi connectivity index (χ4n) is 1.94. The molecule has 112 valence electrons. The van der Waals surface area contributed by atoms with Crippen LogP contribution in [0.3, 0.4) is 0 Å². The van der Waals surface area contributed by atoms with Gasteiger partial charge in [0.1, 0.15) is 5.75 Å². The highest BCUT2D eigenvalue weighted by molar-refractivity contribution is 5.92. The summed E-state index contributed by atoms with van der Waals surface area (Å²) in [6.45, 7) is 1.01. The van der Waals surface area contributed by atoms with Gasteiger partial charge in [-0.25, -0.2) is 0 Å². The molecule has 0 aliphatic heterocycles. The fourth-order valence-corrected chi connectivity index (χ4v) is 1.94. The van der Waals surface area contributed by atoms with Gasteiger partial charge in [0.2, 0.25) is 5.91 Å². The number of nitrogens with zero attached hydrogens (tertiary/aromatic N) is 2. The average molecular weight is 288 g/mol. The monoisotopic (exact) mass is 288 g/mol. The number of aromatic nitrogens is 2. The zero-order valence-electron chi connectivity index (χ0n) is 12.3. The van der Waals surface area contributed by atoms with Crippen LogP contribution < -0.4 is 15.4 Å². The van der Waals surface area contributed by atoms with E-state index in [2.05, 4.69) is 15.7 Å². The van der Waals surface area contributed by atoms with Crippen LogP contribution in [0.1, 0.15) is 5.69 Å². The molecule has 0 aliphatic rings. The van der Waals surface area contributed by atoms with E-state index in [1.165, 1.54) is 0 Å². The van der Waals surface area contributed by atoms with Crippen molar-refractivity contribution in [2.75, 3.05) is 25.5 Å². The number of rotatable bonds is 7. The number of aryl methyl sites for hydroxylation is 1. The number of hydrogen-bond donors (Lipinski definition) is 2. The van der Waals surface area contributed by atoms with Crippen LogP contribution >= 0.6 is 0 Å². The molecule has 6 nitrogen and oxygen atoms in total. The standard InChI is InChI=1S/C15H20N4O2/c1-19-13(8-10-17-19)7-9-16-11-15(20)18-12-3-5-14(21-2)6-4-12/h3-6,8,10,16H,7,9,11H2,1-2H3,(H,18,20). The fraction of sp³-hybridized carbons (Fsp3) is 0.333. The largest absolute Gasteiger partial charge is 0.497 e. The first-order valence-corrected chi connectivity index (χ1v) is 6.80. The SMILES string of the molecule is COc1ccc(NC(=O)CNCCc2ccnn2C)cc1. The van der Waals surface area contributed by atoms with Crippen molar-refractivity contribution in [1.29, 1.82) is 0 Å². The van der Waals surface area contributed by atoms with Gasteiger partial charge in [0.05, 0.1) is 13.7 Å². The van der Waals surface area contributed by atoms with E-state index in [1.807, 2.05) is 42.1 Å². The Labute approximate surface area is 124 Å². The second kappa shape index (κ2) is 7.44. The van der Waals surface area contributed by atoms with Crippen molar-refractivity contribution in [3.8, 4) is 5.75 Å². The van der Waals surface area contributed by atoms with Gasteiger partial charge in [-0.15, -0.1) is 0 Å². The average Bonchev–Trinajstić information content (AvgIpc) is 2.90. The Bertz CT molecular complexity index is 578. The summed E-state index contributed by atoms with van der Waals surface area (Å²) in [6, 6.07) is 9.22. The summed E-state index contributed by atoms with van der Waals surface area (Å²) >= 11 is 0. The van der Waals surface area contributed by atoms with Crippen LogP contribution in [0.2, 0.25) is 0 Å². The lowest BCUT2D eigenvalue weighted by Gasteiger charge is -2.07. The number of methoxy groups -OCH3 is 1. The smallest absolute Gasteiger partial charge is 0.238 e. The third kappa shape index (κ3) is 4.61. The van der Waals surface area contributed by atoms with E-state index in [1.54, 1.807) is 13.3 Å². The predicted octanol–water partition coefficient (Wildman–Crippen LogP) is 1.20. The molecule has 0 saturated carbocycles. The molecular weight excluding hydrogens is 268 g/mol. The van der Waals surface area contributed by atoms with Crippen molar-refractivity contribution in [3.63, 3.8) is 0 Å². The van der Waals surface area contributed by atoms with Crippen LogP contribution in [0.25, 0.3) is 0 Å². The van der Waals surface area contributed by atoms with Gasteiger partial charge < -0.3 is 15.4 Å². The van der Waals surface area contributed by atoms with E-state index in [0.29, 0.717) is 0 Å². The van der Waals surface area contributed by atoms with Gasteiger partial charge >= 0.3 is 0 Å². The molecule has 2 aromatic rings. The van der Waals surface area contributed by atoms with Crippen molar-refractivity contribution in [2.45, 2.75) is 6.42 Å². The molecule has 0 radical (unpaired) electrons. The summed E-state index contributed by atoms with van der Waals surface area (Å²) in [6.07, 6.45) is 2.61. The minimum atomic E-state index is -0.0647. The normalized spacial score (nSPS) is 10.4. The van der Waals surface area contributed by atoms with Crippen LogP contribution in [0.4, 0.5) is 5.69 Å². The third-order valence-corrected chi connectivity index (χ3v) is 3.14. The Kier molecular flexibility index (Phi) is 5.34. The molecule has 0 aliphatic carbocycles. The highest BCUT2D eigenvalue weighted by atomic mass is 16.5. The van der Waals surface area contributed by atoms with Crippen LogP contribution in [0, 0.1) is 0 Å². The summed E-state index contributed by atoms with van der Waals surface area (Å²) in [5.41, 5.74) is 1.90. The minimum Gasteiger partial charge on any atom is -0.497 e. The maximum atomic E-state index is 11.8. The zero-order valence-corrected chi connectivity index (χ0v) is 12.3. The number of carbonyl (C=O) groups excluding carboxylic acids is 1. The molecule has 0 atom stereocenters. The summed E-state index contributed by atoms with van der Waals surface area (Å²) in [4.78, 5) is 11.8. The lowest BCUT2D eigenvalue weighted by atomic mass is 10.3. The quantitative estimate of drug-likeness (QED) is 0.751. The first kappa shape index (κ1) is 15.1. The van der Waals surface area contributed by atoms with Crippen molar-refractivity contribution in [1.82, 2.24) is 15.1 Å². The minimum absolute atomic E-state index is 0.0647. The maximum absolute atomic E-state index is 11.8. The molecule has 1 aromatic carbocycles. The lowest BCUT2D eigenvalue weighted by Crippen LogP contribution is -2.29. The van der Waals surface area contributed by atoms with E-state index in [-0.39, 0.29) is 12.5 Å². The van der Waals surface area contributed by atoms with E-state index >= 15 is 0 Å². The summed E-state index contributed by atoms with van der Waals surface area (Å²) < 4.78 is 6.90. The van der Waals surface area contributed by atoms with Crippen LogP contribution in [0.15, 0.2) is 36.5 Å². The van der Waals surface area contributed by atoms with E-state index < -0.39 is 0 Å². The maximum Gasteiger partial charge on any atom is 0.238 e. The molecule has 0 spiro atoms. The molecule has 6 heteroatoms. The van der Waals surface area contributed by atoms with Crippen molar-refractivity contribution in [2.24, 2.45) is 7.05 Å². The van der Waals surface area contributed by atoms with Crippen LogP contribution in [-0.4, -0.2) is 35.9 Å². The molecular formula is C15H20N4O2. The second-order valence-electron chi connectivity index (χ2n) is 4.65. The Morgan fingerprint density at radius 2 is 2.05 bits per heavy atom. The van der Waals surface area contributed by atoms with Gasteiger partial charge in [0.25, 0.3) is 0 Å². The van der Waals surface area contributed by atoms with Gasteiger partial charge in [-0.05, 0) is 30.3 Å². The molecule has 2 N–H and O–H groups in total. The first-order valence-electron chi connectivity index (χ1n) is 6.80. The number of amides is 1. The van der Waals surface area contributed by atoms with Crippen molar-refractivity contribution >= 4 is 11.6 Å². The highest BCUT2D eigenvalue weighted by Crippen LogP contribution is 2.14. The Hall–Kier alpha value is -2.34. The van der Waals surface area contributed by atoms with Gasteiger partial charge in [-0.2, -0.15) is 5.10 Å². The van der Waals surface area contributed by atoms with E-state index in [4.69, 9.17) is 4.74 Å². The Morgan fingerprint density at radius 1 is 1.29 bits per heavy atom. The Balaban J connectivity index is 1.68. The molecule has 1 aromatic heterocycles. The molecule has 21 heavy (non-hydrogen) atoms. The molecule has 2 rings (SSSR count). The molecule has 0 unspecified atom stereocenters. The molecule has 0 bridgehead atoms. The van der Waals surface area contributed by atoms with E-state index in [0.717, 1.165) is 30.1 Å². The van der Waals surface area contributed by atoms with Crippen LogP contribution in [0.5, 0.6) is 5.75 Å². The third-order valence-electron chi connectivity index (χ3n) is 3.14. The predicted molar refractivity (Wildman–Crippen MR) is 81.4 cm³/mol. The van der Waals surface area contributed by atoms with Crippen molar-refractivity contribution in [3.05, 3.63) is 42.2 Å². The lowest BCUT2D eigenvalue weighted by molar-refractivity contribution is -0.115. The van der Waals surface area contributed by atoms with Crippen LogP contribution in [-0.2, 0) is 18.3 Å². The number of benzene rings is 1. The summed E-state index contributed by atoms with van der Waals surface area (Å²) in [5, 5.41) is 10.0. The van der Waals surface area contributed by atoms with Gasteiger partial charge in [0, 0.05) is 37.6 Å². The summed E-state index contributed by atoms with van der Waals surface area (Å²) in [7, 11) is 3.52.